The first-order valence-electron chi connectivity index (χ1n) is 3.99. The molecule has 0 aromatic carbocycles. The molecule has 0 bridgehead atoms. The molecule has 15 heavy (non-hydrogen) atoms. The quantitative estimate of drug-likeness (QED) is 0.437. The zero-order valence-corrected chi connectivity index (χ0v) is 8.65. The Labute approximate surface area is 91.8 Å². The van der Waals surface area contributed by atoms with Crippen molar-refractivity contribution in [2.45, 2.75) is 0 Å². The van der Waals surface area contributed by atoms with Crippen LogP contribution in [0.2, 0.25) is 5.15 Å². The van der Waals surface area contributed by atoms with Gasteiger partial charge in [-0.05, 0) is 12.1 Å². The Bertz CT molecular complexity index is 449. The Morgan fingerprint density at radius 1 is 1.73 bits per heavy atom. The summed E-state index contributed by atoms with van der Waals surface area (Å²) in [4.78, 5) is 15.0. The molecule has 0 radical (unpaired) electrons. The molecular formula is C10H7ClN2O2. The van der Waals surface area contributed by atoms with Crippen LogP contribution in [0.1, 0.15) is 15.9 Å². The van der Waals surface area contributed by atoms with E-state index in [1.165, 1.54) is 31.5 Å². The van der Waals surface area contributed by atoms with Gasteiger partial charge in [0.1, 0.15) is 5.15 Å². The Morgan fingerprint density at radius 2 is 2.47 bits per heavy atom. The highest BCUT2D eigenvalue weighted by molar-refractivity contribution is 6.30. The molecule has 0 unspecified atom stereocenters. The van der Waals surface area contributed by atoms with E-state index in [-0.39, 0.29) is 5.15 Å². The van der Waals surface area contributed by atoms with Gasteiger partial charge in [-0.15, -0.1) is 0 Å². The summed E-state index contributed by atoms with van der Waals surface area (Å²) in [7, 11) is 1.28. The molecule has 1 heterocycles. The lowest BCUT2D eigenvalue weighted by Crippen LogP contribution is -2.02. The molecule has 5 heteroatoms. The van der Waals surface area contributed by atoms with Crippen LogP contribution in [-0.4, -0.2) is 18.1 Å². The number of nitrogens with zero attached hydrogens (tertiary/aromatic N) is 2. The van der Waals surface area contributed by atoms with E-state index in [1.54, 1.807) is 0 Å². The third-order valence-electron chi connectivity index (χ3n) is 1.62. The van der Waals surface area contributed by atoms with Gasteiger partial charge in [-0.25, -0.2) is 9.78 Å². The van der Waals surface area contributed by atoms with Crippen molar-refractivity contribution in [1.29, 1.82) is 5.26 Å². The number of esters is 1. The highest BCUT2D eigenvalue weighted by Crippen LogP contribution is 2.16. The number of allylic oxidation sites excluding steroid dienone is 1. The average molecular weight is 223 g/mol. The summed E-state index contributed by atoms with van der Waals surface area (Å²) in [5.74, 6) is -0.495. The number of nitriles is 1. The number of methoxy groups -OCH3 is 1. The average Bonchev–Trinajstić information content (AvgIpc) is 2.27. The smallest absolute Gasteiger partial charge is 0.339 e. The molecule has 0 aliphatic rings. The van der Waals surface area contributed by atoms with E-state index in [2.05, 4.69) is 9.72 Å². The Kier molecular flexibility index (Phi) is 3.83. The molecule has 0 atom stereocenters. The van der Waals surface area contributed by atoms with E-state index in [1.807, 2.05) is 6.07 Å². The van der Waals surface area contributed by atoms with E-state index in [4.69, 9.17) is 16.9 Å². The molecule has 0 saturated heterocycles. The van der Waals surface area contributed by atoms with E-state index in [9.17, 15) is 4.79 Å². The van der Waals surface area contributed by atoms with E-state index in [0.717, 1.165) is 0 Å². The number of carbonyl (C=O) groups excluding carboxylic acids is 1. The van der Waals surface area contributed by atoms with Crippen LogP contribution < -0.4 is 0 Å². The van der Waals surface area contributed by atoms with Crippen LogP contribution in [0.4, 0.5) is 0 Å². The van der Waals surface area contributed by atoms with Crippen LogP contribution in [-0.2, 0) is 4.74 Å². The number of hydrogen-bond donors (Lipinski definition) is 0. The standard InChI is InChI=1S/C10H7ClN2O2/c1-15-10(14)8-5-7(3-2-4-12)9(11)13-6-8/h2-3,5-6H,1H3. The van der Waals surface area contributed by atoms with E-state index in [0.29, 0.717) is 11.1 Å². The largest absolute Gasteiger partial charge is 0.465 e. The van der Waals surface area contributed by atoms with Gasteiger partial charge in [-0.3, -0.25) is 0 Å². The predicted molar refractivity (Wildman–Crippen MR) is 55.2 cm³/mol. The Morgan fingerprint density at radius 3 is 3.07 bits per heavy atom. The second-order valence-corrected chi connectivity index (χ2v) is 2.92. The second-order valence-electron chi connectivity index (χ2n) is 2.56. The molecule has 0 amide bonds. The SMILES string of the molecule is COC(=O)c1cnc(Cl)c(C=CC#N)c1. The summed E-state index contributed by atoms with van der Waals surface area (Å²) in [5, 5.41) is 8.58. The van der Waals surface area contributed by atoms with Crippen LogP contribution in [0.15, 0.2) is 18.3 Å². The van der Waals surface area contributed by atoms with Crippen molar-refractivity contribution >= 4 is 23.6 Å². The fourth-order valence-corrected chi connectivity index (χ4v) is 1.10. The Hall–Kier alpha value is -1.86. The van der Waals surface area contributed by atoms with Gasteiger partial charge >= 0.3 is 5.97 Å². The highest BCUT2D eigenvalue weighted by atomic mass is 35.5. The second kappa shape index (κ2) is 5.13. The zero-order chi connectivity index (χ0) is 11.3. The van der Waals surface area contributed by atoms with Crippen LogP contribution >= 0.6 is 11.6 Å². The lowest BCUT2D eigenvalue weighted by molar-refractivity contribution is 0.0600. The zero-order valence-electron chi connectivity index (χ0n) is 7.90. The van der Waals surface area contributed by atoms with Gasteiger partial charge in [0.05, 0.1) is 18.7 Å². The lowest BCUT2D eigenvalue weighted by atomic mass is 10.2. The fourth-order valence-electron chi connectivity index (χ4n) is 0.939. The monoisotopic (exact) mass is 222 g/mol. The first kappa shape index (κ1) is 11.2. The van der Waals surface area contributed by atoms with Crippen LogP contribution in [0.3, 0.4) is 0 Å². The van der Waals surface area contributed by atoms with Gasteiger partial charge in [-0.1, -0.05) is 11.6 Å². The number of halogens is 1. The maximum atomic E-state index is 11.2. The van der Waals surface area contributed by atoms with Gasteiger partial charge in [0.2, 0.25) is 0 Å². The molecule has 1 rings (SSSR count). The summed E-state index contributed by atoms with van der Waals surface area (Å²) >= 11 is 5.76. The molecule has 0 spiro atoms. The fraction of sp³-hybridized carbons (Fsp3) is 0.100. The van der Waals surface area contributed by atoms with Crippen molar-refractivity contribution in [3.05, 3.63) is 34.6 Å². The summed E-state index contributed by atoms with van der Waals surface area (Å²) in [6.45, 7) is 0. The van der Waals surface area contributed by atoms with Gasteiger partial charge in [0, 0.05) is 17.8 Å². The highest BCUT2D eigenvalue weighted by Gasteiger charge is 2.08. The molecule has 76 valence electrons. The third-order valence-corrected chi connectivity index (χ3v) is 1.94. The molecule has 0 aliphatic carbocycles. The van der Waals surface area contributed by atoms with Crippen molar-refractivity contribution in [1.82, 2.24) is 4.98 Å². The molecule has 0 aliphatic heterocycles. The minimum Gasteiger partial charge on any atom is -0.465 e. The maximum absolute atomic E-state index is 11.2. The van der Waals surface area contributed by atoms with Gasteiger partial charge in [0.25, 0.3) is 0 Å². The molecule has 0 N–H and O–H groups in total. The molecule has 1 aromatic heterocycles. The van der Waals surface area contributed by atoms with Crippen molar-refractivity contribution in [2.24, 2.45) is 0 Å². The van der Waals surface area contributed by atoms with Gasteiger partial charge in [0.15, 0.2) is 0 Å². The number of ether oxygens (including phenoxy) is 1. The molecule has 1 aromatic rings. The topological polar surface area (TPSA) is 63.0 Å². The van der Waals surface area contributed by atoms with Crippen LogP contribution in [0, 0.1) is 11.3 Å². The molecule has 0 saturated carbocycles. The Balaban J connectivity index is 3.12. The minimum atomic E-state index is -0.495. The summed E-state index contributed by atoms with van der Waals surface area (Å²) < 4.78 is 4.52. The minimum absolute atomic E-state index is 0.231. The van der Waals surface area contributed by atoms with Crippen molar-refractivity contribution in [3.63, 3.8) is 0 Å². The first-order chi connectivity index (χ1) is 7.19. The van der Waals surface area contributed by atoms with Crippen LogP contribution in [0.25, 0.3) is 6.08 Å². The number of hydrogen-bond acceptors (Lipinski definition) is 4. The first-order valence-corrected chi connectivity index (χ1v) is 4.37. The molecule has 0 fully saturated rings. The van der Waals surface area contributed by atoms with E-state index >= 15 is 0 Å². The lowest BCUT2D eigenvalue weighted by Gasteiger charge is -2.01. The van der Waals surface area contributed by atoms with Crippen molar-refractivity contribution in [2.75, 3.05) is 7.11 Å². The van der Waals surface area contributed by atoms with Gasteiger partial charge < -0.3 is 4.74 Å². The molecule has 4 nitrogen and oxygen atoms in total. The van der Waals surface area contributed by atoms with Crippen molar-refractivity contribution < 1.29 is 9.53 Å². The third kappa shape index (κ3) is 2.79. The number of aromatic nitrogens is 1. The number of pyridine rings is 1. The van der Waals surface area contributed by atoms with Crippen molar-refractivity contribution in [3.8, 4) is 6.07 Å². The van der Waals surface area contributed by atoms with Crippen LogP contribution in [0.5, 0.6) is 0 Å². The predicted octanol–water partition coefficient (Wildman–Crippen LogP) is 2.06. The molecular weight excluding hydrogens is 216 g/mol. The maximum Gasteiger partial charge on any atom is 0.339 e. The summed E-state index contributed by atoms with van der Waals surface area (Å²) in [5.41, 5.74) is 0.792. The number of rotatable bonds is 2. The summed E-state index contributed by atoms with van der Waals surface area (Å²) in [6.07, 6.45) is 4.05. The summed E-state index contributed by atoms with van der Waals surface area (Å²) in [6, 6.07) is 3.33. The number of carbonyl (C=O) groups is 1. The van der Waals surface area contributed by atoms with Gasteiger partial charge in [-0.2, -0.15) is 5.26 Å². The van der Waals surface area contributed by atoms with E-state index < -0.39 is 5.97 Å². The normalized spacial score (nSPS) is 9.93.